The Morgan fingerprint density at radius 2 is 1.98 bits per heavy atom. The van der Waals surface area contributed by atoms with Crippen molar-refractivity contribution in [3.8, 4) is 11.3 Å². The molecular weight excluding hydrogens is 526 g/mol. The number of hydrogen-bond donors (Lipinski definition) is 2. The molecule has 0 unspecified atom stereocenters. The minimum absolute atomic E-state index is 0.346. The van der Waals surface area contributed by atoms with Gasteiger partial charge in [0.1, 0.15) is 5.76 Å². The number of aromatic nitrogens is 4. The number of hydrogen-bond acceptors (Lipinski definition) is 10. The molecule has 2 fully saturated rings. The number of pyridine rings is 1. The van der Waals surface area contributed by atoms with Gasteiger partial charge in [-0.3, -0.25) is 14.9 Å². The number of anilines is 1. The van der Waals surface area contributed by atoms with E-state index in [4.69, 9.17) is 9.51 Å². The van der Waals surface area contributed by atoms with Crippen LogP contribution in [-0.2, 0) is 11.3 Å². The molecule has 0 radical (unpaired) electrons. The zero-order valence-corrected chi connectivity index (χ0v) is 23.1. The standard InChI is InChI=1S/C29H29N7O3S/c1-17-25(18(2)39-35-17)26-21(13-20-5-3-4-6-23(20)33-26)16-30-15-19-8-11-36(12-9-19)28-31-10-7-22(32-28)14-24-27(37)34-29(38)40-24/h3-7,10,13-14,19,30H,8-9,11-12,15-16H2,1-2H3,(H,34,37,38)/b24-14+. The average molecular weight is 556 g/mol. The summed E-state index contributed by atoms with van der Waals surface area (Å²) in [5.74, 6) is 1.56. The number of aryl methyl sites for hydroxylation is 2. The topological polar surface area (TPSA) is 126 Å². The van der Waals surface area contributed by atoms with E-state index >= 15 is 0 Å². The number of benzene rings is 1. The molecule has 0 saturated carbocycles. The van der Waals surface area contributed by atoms with Gasteiger partial charge in [0, 0.05) is 31.2 Å². The molecule has 2 aliphatic heterocycles. The molecule has 0 spiro atoms. The van der Waals surface area contributed by atoms with E-state index in [9.17, 15) is 9.59 Å². The van der Waals surface area contributed by atoms with E-state index in [0.29, 0.717) is 29.0 Å². The second-order valence-electron chi connectivity index (χ2n) is 10.1. The maximum atomic E-state index is 11.9. The minimum atomic E-state index is -0.387. The zero-order valence-electron chi connectivity index (χ0n) is 22.3. The van der Waals surface area contributed by atoms with E-state index in [1.165, 1.54) is 0 Å². The van der Waals surface area contributed by atoms with Crippen LogP contribution in [0.5, 0.6) is 0 Å². The number of rotatable bonds is 7. The van der Waals surface area contributed by atoms with Crippen LogP contribution in [0.25, 0.3) is 28.2 Å². The van der Waals surface area contributed by atoms with Gasteiger partial charge >= 0.3 is 0 Å². The third kappa shape index (κ3) is 5.47. The summed E-state index contributed by atoms with van der Waals surface area (Å²) in [4.78, 5) is 39.9. The summed E-state index contributed by atoms with van der Waals surface area (Å²) in [5.41, 5.74) is 5.42. The minimum Gasteiger partial charge on any atom is -0.361 e. The number of carbonyl (C=O) groups is 2. The van der Waals surface area contributed by atoms with E-state index in [1.807, 2.05) is 32.0 Å². The summed E-state index contributed by atoms with van der Waals surface area (Å²) in [6, 6.07) is 12.1. The lowest BCUT2D eigenvalue weighted by Gasteiger charge is -2.32. The summed E-state index contributed by atoms with van der Waals surface area (Å²) in [5, 5.41) is 10.8. The number of carbonyl (C=O) groups excluding carboxylic acids is 2. The second kappa shape index (κ2) is 11.2. The Morgan fingerprint density at radius 3 is 2.73 bits per heavy atom. The first-order valence-electron chi connectivity index (χ1n) is 13.3. The van der Waals surface area contributed by atoms with Crippen molar-refractivity contribution in [3.63, 3.8) is 0 Å². The van der Waals surface area contributed by atoms with Crippen molar-refractivity contribution in [2.75, 3.05) is 24.5 Å². The molecule has 5 heterocycles. The molecule has 4 aromatic rings. The highest BCUT2D eigenvalue weighted by Gasteiger charge is 2.26. The van der Waals surface area contributed by atoms with Gasteiger partial charge in [0.05, 0.1) is 33.1 Å². The average Bonchev–Trinajstić information content (AvgIpc) is 3.46. The summed E-state index contributed by atoms with van der Waals surface area (Å²) < 4.78 is 5.45. The zero-order chi connectivity index (χ0) is 27.6. The highest BCUT2D eigenvalue weighted by Crippen LogP contribution is 2.31. The SMILES string of the molecule is Cc1noc(C)c1-c1nc2ccccc2cc1CNCC1CCN(c2nccc(/C=C3/SC(=O)NC3=O)n2)CC1. The van der Waals surface area contributed by atoms with Gasteiger partial charge in [-0.05, 0) is 80.8 Å². The molecule has 10 nitrogen and oxygen atoms in total. The number of para-hydroxylation sites is 1. The lowest BCUT2D eigenvalue weighted by molar-refractivity contribution is -0.115. The van der Waals surface area contributed by atoms with Gasteiger partial charge in [-0.25, -0.2) is 15.0 Å². The van der Waals surface area contributed by atoms with Gasteiger partial charge in [0.15, 0.2) is 0 Å². The van der Waals surface area contributed by atoms with E-state index in [-0.39, 0.29) is 11.1 Å². The monoisotopic (exact) mass is 555 g/mol. The van der Waals surface area contributed by atoms with Crippen molar-refractivity contribution in [3.05, 3.63) is 70.2 Å². The Labute approximate surface area is 235 Å². The molecule has 3 aromatic heterocycles. The molecule has 0 atom stereocenters. The smallest absolute Gasteiger partial charge is 0.290 e. The van der Waals surface area contributed by atoms with Crippen molar-refractivity contribution in [2.24, 2.45) is 5.92 Å². The Kier molecular flexibility index (Phi) is 7.31. The Morgan fingerprint density at radius 1 is 1.15 bits per heavy atom. The van der Waals surface area contributed by atoms with E-state index in [1.54, 1.807) is 18.3 Å². The molecule has 2 N–H and O–H groups in total. The first kappa shape index (κ1) is 26.1. The van der Waals surface area contributed by atoms with Crippen LogP contribution < -0.4 is 15.5 Å². The Bertz CT molecular complexity index is 1610. The molecule has 40 heavy (non-hydrogen) atoms. The number of nitrogens with one attached hydrogen (secondary N) is 2. The molecule has 11 heteroatoms. The lowest BCUT2D eigenvalue weighted by Crippen LogP contribution is -2.38. The Balaban J connectivity index is 1.09. The van der Waals surface area contributed by atoms with Crippen LogP contribution in [-0.4, -0.2) is 50.9 Å². The number of fused-ring (bicyclic) bond motifs is 1. The number of imide groups is 1. The van der Waals surface area contributed by atoms with Crippen molar-refractivity contribution < 1.29 is 14.1 Å². The maximum Gasteiger partial charge on any atom is 0.290 e. The molecule has 1 aromatic carbocycles. The van der Waals surface area contributed by atoms with Crippen LogP contribution in [0.4, 0.5) is 10.7 Å². The third-order valence-electron chi connectivity index (χ3n) is 7.30. The summed E-state index contributed by atoms with van der Waals surface area (Å²) in [6.07, 6.45) is 5.35. The quantitative estimate of drug-likeness (QED) is 0.312. The van der Waals surface area contributed by atoms with Gasteiger partial charge in [0.2, 0.25) is 5.95 Å². The van der Waals surface area contributed by atoms with E-state index < -0.39 is 0 Å². The lowest BCUT2D eigenvalue weighted by atomic mass is 9.96. The van der Waals surface area contributed by atoms with Gasteiger partial charge < -0.3 is 14.7 Å². The van der Waals surface area contributed by atoms with Crippen LogP contribution in [0.2, 0.25) is 0 Å². The predicted octanol–water partition coefficient (Wildman–Crippen LogP) is 4.63. The number of amides is 2. The number of nitrogens with zero attached hydrogens (tertiary/aromatic N) is 5. The Hall–Kier alpha value is -4.09. The molecule has 2 saturated heterocycles. The largest absolute Gasteiger partial charge is 0.361 e. The fourth-order valence-corrected chi connectivity index (χ4v) is 5.90. The molecule has 6 rings (SSSR count). The van der Waals surface area contributed by atoms with Gasteiger partial charge in [-0.1, -0.05) is 23.4 Å². The van der Waals surface area contributed by atoms with Crippen molar-refractivity contribution in [2.45, 2.75) is 33.2 Å². The van der Waals surface area contributed by atoms with Crippen LogP contribution in [0.3, 0.4) is 0 Å². The van der Waals surface area contributed by atoms with Crippen molar-refractivity contribution >= 4 is 45.8 Å². The second-order valence-corrected chi connectivity index (χ2v) is 11.1. The molecule has 0 aliphatic carbocycles. The summed E-state index contributed by atoms with van der Waals surface area (Å²) in [6.45, 7) is 7.18. The molecule has 204 valence electrons. The van der Waals surface area contributed by atoms with Crippen molar-refractivity contribution in [1.82, 2.24) is 30.7 Å². The van der Waals surface area contributed by atoms with Crippen LogP contribution in [0.15, 0.2) is 52.0 Å². The van der Waals surface area contributed by atoms with E-state index in [2.05, 4.69) is 42.8 Å². The van der Waals surface area contributed by atoms with E-state index in [0.717, 1.165) is 83.4 Å². The fraction of sp³-hybridized carbons (Fsp3) is 0.310. The maximum absolute atomic E-state index is 11.9. The number of piperidine rings is 1. The molecule has 2 amide bonds. The third-order valence-corrected chi connectivity index (χ3v) is 8.11. The van der Waals surface area contributed by atoms with Gasteiger partial charge in [-0.2, -0.15) is 0 Å². The fourth-order valence-electron chi connectivity index (χ4n) is 5.23. The predicted molar refractivity (Wildman–Crippen MR) is 154 cm³/mol. The van der Waals surface area contributed by atoms with Gasteiger partial charge in [-0.15, -0.1) is 0 Å². The molecule has 0 bridgehead atoms. The van der Waals surface area contributed by atoms with Crippen LogP contribution >= 0.6 is 11.8 Å². The number of thioether (sulfide) groups is 1. The van der Waals surface area contributed by atoms with Crippen molar-refractivity contribution in [1.29, 1.82) is 0 Å². The normalized spacial score (nSPS) is 17.2. The molecular formula is C29H29N7O3S. The van der Waals surface area contributed by atoms with Gasteiger partial charge in [0.25, 0.3) is 11.1 Å². The van der Waals surface area contributed by atoms with Crippen LogP contribution in [0.1, 0.15) is 35.6 Å². The first-order chi connectivity index (χ1) is 19.4. The van der Waals surface area contributed by atoms with Crippen LogP contribution in [0, 0.1) is 19.8 Å². The summed E-state index contributed by atoms with van der Waals surface area (Å²) in [7, 11) is 0. The first-order valence-corrected chi connectivity index (χ1v) is 14.1. The summed E-state index contributed by atoms with van der Waals surface area (Å²) >= 11 is 0.887. The highest BCUT2D eigenvalue weighted by molar-refractivity contribution is 8.18. The molecule has 2 aliphatic rings. The highest BCUT2D eigenvalue weighted by atomic mass is 32.2.